The fraction of sp³-hybridized carbons (Fsp3) is 0.100. The molecule has 0 bridgehead atoms. The van der Waals surface area contributed by atoms with Crippen molar-refractivity contribution in [1.29, 1.82) is 0 Å². The third-order valence-corrected chi connectivity index (χ3v) is 2.67. The summed E-state index contributed by atoms with van der Waals surface area (Å²) in [6.07, 6.45) is 0. The van der Waals surface area contributed by atoms with E-state index < -0.39 is 4.92 Å². The van der Waals surface area contributed by atoms with Crippen LogP contribution in [0.4, 0.5) is 5.69 Å². The first-order valence-electron chi connectivity index (χ1n) is 4.31. The summed E-state index contributed by atoms with van der Waals surface area (Å²) >= 11 is 3.29. The number of non-ortho nitro benzene ring substituents is 1. The second-order valence-corrected chi connectivity index (χ2v) is 3.60. The van der Waals surface area contributed by atoms with E-state index >= 15 is 0 Å². The van der Waals surface area contributed by atoms with Crippen LogP contribution in [0.25, 0.3) is 10.9 Å². The van der Waals surface area contributed by atoms with Crippen LogP contribution in [0.15, 0.2) is 30.3 Å². The molecule has 0 amide bonds. The van der Waals surface area contributed by atoms with Gasteiger partial charge in [0.2, 0.25) is 0 Å². The van der Waals surface area contributed by atoms with Gasteiger partial charge in [0.25, 0.3) is 5.69 Å². The number of nitrogens with zero attached hydrogens (tertiary/aromatic N) is 2. The molecule has 0 N–H and O–H groups in total. The summed E-state index contributed by atoms with van der Waals surface area (Å²) in [6.45, 7) is 0. The van der Waals surface area contributed by atoms with Gasteiger partial charge >= 0.3 is 0 Å². The minimum atomic E-state index is -0.391. The Labute approximate surface area is 94.2 Å². The van der Waals surface area contributed by atoms with Crippen molar-refractivity contribution in [3.63, 3.8) is 0 Å². The number of fused-ring (bicyclic) bond motifs is 1. The first-order valence-corrected chi connectivity index (χ1v) is 5.43. The molecule has 1 heterocycles. The van der Waals surface area contributed by atoms with Crippen molar-refractivity contribution >= 4 is 32.5 Å². The molecule has 4 nitrogen and oxygen atoms in total. The Hall–Kier alpha value is -1.49. The molecule has 0 aliphatic rings. The van der Waals surface area contributed by atoms with E-state index in [9.17, 15) is 10.1 Å². The average molecular weight is 267 g/mol. The Morgan fingerprint density at radius 2 is 2.13 bits per heavy atom. The highest BCUT2D eigenvalue weighted by Gasteiger charge is 2.11. The first-order chi connectivity index (χ1) is 7.22. The molecule has 0 aliphatic heterocycles. The highest BCUT2D eigenvalue weighted by molar-refractivity contribution is 9.08. The van der Waals surface area contributed by atoms with Gasteiger partial charge in [-0.3, -0.25) is 15.1 Å². The Morgan fingerprint density at radius 3 is 2.80 bits per heavy atom. The third-order valence-electron chi connectivity index (χ3n) is 2.10. The zero-order chi connectivity index (χ0) is 10.8. The van der Waals surface area contributed by atoms with Crippen molar-refractivity contribution in [3.05, 3.63) is 46.1 Å². The highest BCUT2D eigenvalue weighted by Crippen LogP contribution is 2.24. The fourth-order valence-corrected chi connectivity index (χ4v) is 1.73. The minimum absolute atomic E-state index is 0.0983. The van der Waals surface area contributed by atoms with Crippen molar-refractivity contribution in [2.24, 2.45) is 0 Å². The Bertz CT molecular complexity index is 528. The van der Waals surface area contributed by atoms with Gasteiger partial charge in [-0.25, -0.2) is 0 Å². The van der Waals surface area contributed by atoms with Crippen molar-refractivity contribution in [2.75, 3.05) is 0 Å². The molecule has 0 atom stereocenters. The number of benzene rings is 1. The maximum Gasteiger partial charge on any atom is 0.278 e. The van der Waals surface area contributed by atoms with Crippen LogP contribution in [0.1, 0.15) is 5.69 Å². The Kier molecular flexibility index (Phi) is 2.64. The first kappa shape index (κ1) is 10.0. The summed E-state index contributed by atoms with van der Waals surface area (Å²) in [5, 5.41) is 12.0. The smallest absolute Gasteiger partial charge is 0.258 e. The van der Waals surface area contributed by atoms with Gasteiger partial charge in [-0.05, 0) is 18.2 Å². The molecule has 1 aromatic heterocycles. The number of hydrogen-bond acceptors (Lipinski definition) is 3. The predicted molar refractivity (Wildman–Crippen MR) is 61.0 cm³/mol. The van der Waals surface area contributed by atoms with Crippen LogP contribution in [0.2, 0.25) is 0 Å². The second kappa shape index (κ2) is 3.94. The molecule has 0 fully saturated rings. The topological polar surface area (TPSA) is 56.0 Å². The normalized spacial score (nSPS) is 10.5. The van der Waals surface area contributed by atoms with E-state index in [1.165, 1.54) is 6.07 Å². The van der Waals surface area contributed by atoms with Crippen LogP contribution in [0.5, 0.6) is 0 Å². The van der Waals surface area contributed by atoms with Crippen LogP contribution in [0, 0.1) is 10.1 Å². The number of nitro benzene ring substituents is 1. The maximum absolute atomic E-state index is 10.7. The zero-order valence-corrected chi connectivity index (χ0v) is 9.27. The number of rotatable bonds is 2. The predicted octanol–water partition coefficient (Wildman–Crippen LogP) is 3.04. The number of halogens is 1. The zero-order valence-electron chi connectivity index (χ0n) is 7.68. The van der Waals surface area contributed by atoms with E-state index in [-0.39, 0.29) is 5.69 Å². The lowest BCUT2D eigenvalue weighted by Gasteiger charge is -2.00. The quantitative estimate of drug-likeness (QED) is 0.477. The molecule has 5 heteroatoms. The SMILES string of the molecule is O=[N+]([O-])c1cccc2nc(CBr)ccc12. The van der Waals surface area contributed by atoms with Gasteiger partial charge in [0.15, 0.2) is 0 Å². The number of alkyl halides is 1. The molecular weight excluding hydrogens is 260 g/mol. The van der Waals surface area contributed by atoms with Crippen LogP contribution in [-0.4, -0.2) is 9.91 Å². The Morgan fingerprint density at radius 1 is 1.33 bits per heavy atom. The summed E-state index contributed by atoms with van der Waals surface area (Å²) in [5.74, 6) is 0. The molecule has 0 aliphatic carbocycles. The van der Waals surface area contributed by atoms with Gasteiger partial charge in [-0.15, -0.1) is 0 Å². The largest absolute Gasteiger partial charge is 0.278 e. The lowest BCUT2D eigenvalue weighted by molar-refractivity contribution is -0.383. The van der Waals surface area contributed by atoms with Gasteiger partial charge < -0.3 is 0 Å². The number of pyridine rings is 1. The van der Waals surface area contributed by atoms with Crippen LogP contribution in [-0.2, 0) is 5.33 Å². The lowest BCUT2D eigenvalue weighted by atomic mass is 10.2. The molecule has 0 saturated heterocycles. The van der Waals surface area contributed by atoms with E-state index in [1.54, 1.807) is 24.3 Å². The van der Waals surface area contributed by atoms with E-state index in [1.807, 2.05) is 0 Å². The average Bonchev–Trinajstić information content (AvgIpc) is 2.27. The van der Waals surface area contributed by atoms with Crippen molar-refractivity contribution in [2.45, 2.75) is 5.33 Å². The minimum Gasteiger partial charge on any atom is -0.258 e. The second-order valence-electron chi connectivity index (χ2n) is 3.04. The molecule has 0 unspecified atom stereocenters. The molecule has 15 heavy (non-hydrogen) atoms. The molecule has 2 rings (SSSR count). The van der Waals surface area contributed by atoms with E-state index in [0.717, 1.165) is 5.69 Å². The van der Waals surface area contributed by atoms with Gasteiger partial charge in [0.05, 0.1) is 21.5 Å². The molecule has 2 aromatic rings. The molecule has 0 saturated carbocycles. The molecular formula is C10H7BrN2O2. The third kappa shape index (κ3) is 1.83. The molecule has 0 spiro atoms. The number of nitro groups is 1. The van der Waals surface area contributed by atoms with Crippen molar-refractivity contribution in [1.82, 2.24) is 4.98 Å². The summed E-state index contributed by atoms with van der Waals surface area (Å²) in [6, 6.07) is 8.42. The maximum atomic E-state index is 10.7. The van der Waals surface area contributed by atoms with Gasteiger partial charge in [-0.2, -0.15) is 0 Å². The fourth-order valence-electron chi connectivity index (χ4n) is 1.41. The summed E-state index contributed by atoms with van der Waals surface area (Å²) < 4.78 is 0. The van der Waals surface area contributed by atoms with E-state index in [2.05, 4.69) is 20.9 Å². The standard InChI is InChI=1S/C10H7BrN2O2/c11-6-7-4-5-8-9(12-7)2-1-3-10(8)13(14)15/h1-5H,6H2. The van der Waals surface area contributed by atoms with Gasteiger partial charge in [0, 0.05) is 11.4 Å². The molecule has 76 valence electrons. The van der Waals surface area contributed by atoms with Crippen LogP contribution in [0.3, 0.4) is 0 Å². The number of hydrogen-bond donors (Lipinski definition) is 0. The monoisotopic (exact) mass is 266 g/mol. The van der Waals surface area contributed by atoms with E-state index in [0.29, 0.717) is 16.2 Å². The highest BCUT2D eigenvalue weighted by atomic mass is 79.9. The van der Waals surface area contributed by atoms with Crippen LogP contribution >= 0.6 is 15.9 Å². The van der Waals surface area contributed by atoms with Gasteiger partial charge in [0.1, 0.15) is 0 Å². The van der Waals surface area contributed by atoms with Crippen LogP contribution < -0.4 is 0 Å². The van der Waals surface area contributed by atoms with Crippen molar-refractivity contribution in [3.8, 4) is 0 Å². The molecule has 1 aromatic carbocycles. The molecule has 0 radical (unpaired) electrons. The van der Waals surface area contributed by atoms with E-state index in [4.69, 9.17) is 0 Å². The van der Waals surface area contributed by atoms with Gasteiger partial charge in [-0.1, -0.05) is 22.0 Å². The number of aromatic nitrogens is 1. The summed E-state index contributed by atoms with van der Waals surface area (Å²) in [4.78, 5) is 14.6. The van der Waals surface area contributed by atoms with Crippen molar-refractivity contribution < 1.29 is 4.92 Å². The Balaban J connectivity index is 2.72. The summed E-state index contributed by atoms with van der Waals surface area (Å²) in [5.41, 5.74) is 1.62. The summed E-state index contributed by atoms with van der Waals surface area (Å²) in [7, 11) is 0. The lowest BCUT2D eigenvalue weighted by Crippen LogP contribution is -1.92.